The van der Waals surface area contributed by atoms with Gasteiger partial charge in [0.1, 0.15) is 5.15 Å². The maximum atomic E-state index is 12.5. The third kappa shape index (κ3) is 4.64. The number of aromatic nitrogens is 2. The third-order valence-corrected chi connectivity index (χ3v) is 6.09. The van der Waals surface area contributed by atoms with Gasteiger partial charge in [0.15, 0.2) is 0 Å². The van der Waals surface area contributed by atoms with Crippen LogP contribution in [-0.4, -0.2) is 57.6 Å². The number of hydrogen-bond donors (Lipinski definition) is 0. The largest absolute Gasteiger partial charge is 0.336 e. The van der Waals surface area contributed by atoms with E-state index in [2.05, 4.69) is 12.0 Å². The summed E-state index contributed by atoms with van der Waals surface area (Å²) < 4.78 is 1.79. The highest BCUT2D eigenvalue weighted by molar-refractivity contribution is 7.12. The number of piperazine rings is 1. The molecule has 2 aromatic rings. The van der Waals surface area contributed by atoms with Gasteiger partial charge in [0, 0.05) is 44.4 Å². The number of hydrogen-bond acceptors (Lipinski definition) is 4. The molecule has 8 heteroatoms. The summed E-state index contributed by atoms with van der Waals surface area (Å²) in [6, 6.07) is 3.71. The van der Waals surface area contributed by atoms with Gasteiger partial charge in [-0.3, -0.25) is 14.3 Å². The first-order valence-electron chi connectivity index (χ1n) is 9.54. The summed E-state index contributed by atoms with van der Waals surface area (Å²) in [6.45, 7) is 6.95. The first-order chi connectivity index (χ1) is 13.5. The molecule has 28 heavy (non-hydrogen) atoms. The Morgan fingerprint density at radius 3 is 2.61 bits per heavy atom. The van der Waals surface area contributed by atoms with Crippen LogP contribution in [0, 0.1) is 6.92 Å². The zero-order chi connectivity index (χ0) is 20.1. The van der Waals surface area contributed by atoms with Crippen LogP contribution in [0.25, 0.3) is 6.08 Å². The Bertz CT molecular complexity index is 852. The Labute approximate surface area is 174 Å². The zero-order valence-electron chi connectivity index (χ0n) is 16.2. The van der Waals surface area contributed by atoms with E-state index in [-0.39, 0.29) is 11.8 Å². The van der Waals surface area contributed by atoms with Crippen molar-refractivity contribution < 1.29 is 9.59 Å². The summed E-state index contributed by atoms with van der Waals surface area (Å²) in [5.41, 5.74) is 1.61. The van der Waals surface area contributed by atoms with Gasteiger partial charge in [0.05, 0.1) is 10.6 Å². The quantitative estimate of drug-likeness (QED) is 0.669. The van der Waals surface area contributed by atoms with Crippen LogP contribution in [0.15, 0.2) is 23.6 Å². The first-order valence-corrected chi connectivity index (χ1v) is 10.8. The summed E-state index contributed by atoms with van der Waals surface area (Å²) in [7, 11) is 0. The van der Waals surface area contributed by atoms with Gasteiger partial charge >= 0.3 is 0 Å². The molecule has 1 fully saturated rings. The van der Waals surface area contributed by atoms with Crippen LogP contribution in [0.3, 0.4) is 0 Å². The fraction of sp³-hybridized carbons (Fsp3) is 0.450. The van der Waals surface area contributed by atoms with Gasteiger partial charge in [-0.25, -0.2) is 0 Å². The smallest absolute Gasteiger partial charge is 0.264 e. The normalized spacial score (nSPS) is 14.8. The first kappa shape index (κ1) is 20.6. The van der Waals surface area contributed by atoms with Gasteiger partial charge in [-0.05, 0) is 30.9 Å². The molecule has 0 aliphatic carbocycles. The molecule has 150 valence electrons. The van der Waals surface area contributed by atoms with Gasteiger partial charge in [-0.1, -0.05) is 31.0 Å². The average Bonchev–Trinajstić information content (AvgIpc) is 3.33. The SMILES string of the molecule is CCCCn1nc(C)c(/C=C/C(=O)N2CCN(C(=O)c3cccs3)CC2)c1Cl. The van der Waals surface area contributed by atoms with Crippen LogP contribution in [0.4, 0.5) is 0 Å². The van der Waals surface area contributed by atoms with E-state index in [4.69, 9.17) is 11.6 Å². The molecule has 3 rings (SSSR count). The van der Waals surface area contributed by atoms with E-state index in [1.54, 1.807) is 26.6 Å². The second-order valence-corrected chi connectivity index (χ2v) is 8.10. The Kier molecular flexibility index (Phi) is 6.91. The molecule has 2 aromatic heterocycles. The number of halogens is 1. The van der Waals surface area contributed by atoms with E-state index in [9.17, 15) is 9.59 Å². The van der Waals surface area contributed by atoms with Crippen LogP contribution in [0.5, 0.6) is 0 Å². The molecule has 0 spiro atoms. The monoisotopic (exact) mass is 420 g/mol. The van der Waals surface area contributed by atoms with E-state index >= 15 is 0 Å². The predicted molar refractivity (Wildman–Crippen MR) is 113 cm³/mol. The summed E-state index contributed by atoms with van der Waals surface area (Å²) in [5.74, 6) is -0.0282. The van der Waals surface area contributed by atoms with E-state index < -0.39 is 0 Å². The van der Waals surface area contributed by atoms with Crippen molar-refractivity contribution in [2.24, 2.45) is 0 Å². The van der Waals surface area contributed by atoms with Gasteiger partial charge in [0.2, 0.25) is 5.91 Å². The number of carbonyl (C=O) groups excluding carboxylic acids is 2. The topological polar surface area (TPSA) is 58.4 Å². The molecule has 0 atom stereocenters. The van der Waals surface area contributed by atoms with Crippen molar-refractivity contribution in [3.8, 4) is 0 Å². The number of aryl methyl sites for hydroxylation is 2. The molecular formula is C20H25ClN4O2S. The van der Waals surface area contributed by atoms with Crippen molar-refractivity contribution >= 4 is 40.8 Å². The lowest BCUT2D eigenvalue weighted by molar-refractivity contribution is -0.127. The molecule has 1 aliphatic heterocycles. The Hall–Kier alpha value is -2.12. The molecule has 0 bridgehead atoms. The number of unbranched alkanes of at least 4 members (excludes halogenated alkanes) is 1. The van der Waals surface area contributed by atoms with Crippen molar-refractivity contribution in [3.05, 3.63) is 44.9 Å². The minimum atomic E-state index is -0.0694. The van der Waals surface area contributed by atoms with E-state index in [1.807, 2.05) is 24.4 Å². The molecule has 0 unspecified atom stereocenters. The molecule has 1 aliphatic rings. The molecule has 0 radical (unpaired) electrons. The third-order valence-electron chi connectivity index (χ3n) is 4.84. The lowest BCUT2D eigenvalue weighted by Crippen LogP contribution is -2.50. The van der Waals surface area contributed by atoms with E-state index in [0.29, 0.717) is 31.3 Å². The molecule has 0 aromatic carbocycles. The lowest BCUT2D eigenvalue weighted by Gasteiger charge is -2.34. The minimum absolute atomic E-state index is 0.0412. The van der Waals surface area contributed by atoms with Gasteiger partial charge in [0.25, 0.3) is 5.91 Å². The van der Waals surface area contributed by atoms with Crippen LogP contribution >= 0.6 is 22.9 Å². The second kappa shape index (κ2) is 9.39. The molecule has 6 nitrogen and oxygen atoms in total. The lowest BCUT2D eigenvalue weighted by atomic mass is 10.2. The highest BCUT2D eigenvalue weighted by atomic mass is 35.5. The molecule has 0 saturated carbocycles. The van der Waals surface area contributed by atoms with Gasteiger partial charge in [-0.2, -0.15) is 5.10 Å². The summed E-state index contributed by atoms with van der Waals surface area (Å²) in [5, 5.41) is 6.93. The predicted octanol–water partition coefficient (Wildman–Crippen LogP) is 3.70. The van der Waals surface area contributed by atoms with Crippen molar-refractivity contribution in [1.29, 1.82) is 0 Å². The van der Waals surface area contributed by atoms with Crippen LogP contribution in [0.1, 0.15) is 40.7 Å². The van der Waals surface area contributed by atoms with Crippen LogP contribution in [0.2, 0.25) is 5.15 Å². The fourth-order valence-corrected chi connectivity index (χ4v) is 4.17. The van der Waals surface area contributed by atoms with Crippen molar-refractivity contribution in [2.75, 3.05) is 26.2 Å². The maximum Gasteiger partial charge on any atom is 0.264 e. The number of thiophene rings is 1. The second-order valence-electron chi connectivity index (χ2n) is 6.79. The molecule has 3 heterocycles. The van der Waals surface area contributed by atoms with Crippen molar-refractivity contribution in [1.82, 2.24) is 19.6 Å². The number of amides is 2. The summed E-state index contributed by atoms with van der Waals surface area (Å²) in [4.78, 5) is 29.2. The Balaban J connectivity index is 1.57. The standard InChI is InChI=1S/C20H25ClN4O2S/c1-3-4-9-25-19(21)16(15(2)22-25)7-8-18(26)23-10-12-24(13-11-23)20(27)17-6-5-14-28-17/h5-8,14H,3-4,9-13H2,1-2H3/b8-7+. The zero-order valence-corrected chi connectivity index (χ0v) is 17.8. The van der Waals surface area contributed by atoms with Gasteiger partial charge in [-0.15, -0.1) is 11.3 Å². The molecular weight excluding hydrogens is 396 g/mol. The molecule has 2 amide bonds. The van der Waals surface area contributed by atoms with E-state index in [0.717, 1.165) is 35.5 Å². The van der Waals surface area contributed by atoms with Crippen molar-refractivity contribution in [3.63, 3.8) is 0 Å². The summed E-state index contributed by atoms with van der Waals surface area (Å²) >= 11 is 7.86. The van der Waals surface area contributed by atoms with E-state index in [1.165, 1.54) is 11.3 Å². The number of rotatable bonds is 6. The number of nitrogens with zero attached hydrogens (tertiary/aromatic N) is 4. The van der Waals surface area contributed by atoms with Crippen LogP contribution in [-0.2, 0) is 11.3 Å². The highest BCUT2D eigenvalue weighted by Crippen LogP contribution is 2.22. The molecule has 0 N–H and O–H groups in total. The van der Waals surface area contributed by atoms with Crippen LogP contribution < -0.4 is 0 Å². The minimum Gasteiger partial charge on any atom is -0.336 e. The highest BCUT2D eigenvalue weighted by Gasteiger charge is 2.24. The maximum absolute atomic E-state index is 12.5. The molecule has 1 saturated heterocycles. The number of carbonyl (C=O) groups is 2. The van der Waals surface area contributed by atoms with Gasteiger partial charge < -0.3 is 9.80 Å². The Morgan fingerprint density at radius 1 is 1.25 bits per heavy atom. The summed E-state index contributed by atoms with van der Waals surface area (Å²) in [6.07, 6.45) is 5.38. The average molecular weight is 421 g/mol. The Morgan fingerprint density at radius 2 is 1.96 bits per heavy atom. The fourth-order valence-electron chi connectivity index (χ4n) is 3.16. The van der Waals surface area contributed by atoms with Crippen molar-refractivity contribution in [2.45, 2.75) is 33.2 Å².